The summed E-state index contributed by atoms with van der Waals surface area (Å²) in [5, 5.41) is 9.38. The van der Waals surface area contributed by atoms with Crippen molar-refractivity contribution in [3.63, 3.8) is 0 Å². The molecule has 0 spiro atoms. The van der Waals surface area contributed by atoms with Crippen molar-refractivity contribution < 1.29 is 33.0 Å². The van der Waals surface area contributed by atoms with Gasteiger partial charge in [0.15, 0.2) is 6.61 Å². The van der Waals surface area contributed by atoms with Crippen LogP contribution in [0, 0.1) is 11.6 Å². The number of thiazole rings is 1. The minimum absolute atomic E-state index is 0.0939. The first kappa shape index (κ1) is 22.9. The number of aliphatic carboxylic acids is 1. The number of carbonyl (C=O) groups excluding carboxylic acids is 1. The Bertz CT molecular complexity index is 1210. The molecule has 1 aliphatic rings. The summed E-state index contributed by atoms with van der Waals surface area (Å²) in [5.74, 6) is -2.26. The van der Waals surface area contributed by atoms with Crippen LogP contribution in [-0.2, 0) is 22.6 Å². The summed E-state index contributed by atoms with van der Waals surface area (Å²) < 4.78 is 38.2. The van der Waals surface area contributed by atoms with Gasteiger partial charge in [-0.15, -0.1) is 11.3 Å². The fourth-order valence-electron chi connectivity index (χ4n) is 3.57. The zero-order chi connectivity index (χ0) is 23.5. The number of amides is 1. The van der Waals surface area contributed by atoms with E-state index in [1.165, 1.54) is 22.3 Å². The number of hydrogen-bond donors (Lipinski definition) is 1. The van der Waals surface area contributed by atoms with Crippen LogP contribution in [0.3, 0.4) is 0 Å². The highest BCUT2D eigenvalue weighted by Crippen LogP contribution is 2.42. The lowest BCUT2D eigenvalue weighted by atomic mass is 9.97. The average Bonchev–Trinajstić information content (AvgIpc) is 3.26. The van der Waals surface area contributed by atoms with Gasteiger partial charge in [-0.1, -0.05) is 11.6 Å². The van der Waals surface area contributed by atoms with Gasteiger partial charge in [0.2, 0.25) is 0 Å². The summed E-state index contributed by atoms with van der Waals surface area (Å²) in [5.41, 5.74) is 2.80. The van der Waals surface area contributed by atoms with E-state index < -0.39 is 43.0 Å². The van der Waals surface area contributed by atoms with Gasteiger partial charge in [0.1, 0.15) is 30.0 Å². The van der Waals surface area contributed by atoms with Crippen molar-refractivity contribution in [3.8, 4) is 5.75 Å². The molecule has 1 N–H and O–H groups in total. The maximum Gasteiger partial charge on any atom is 0.410 e. The van der Waals surface area contributed by atoms with Crippen molar-refractivity contribution in [2.75, 3.05) is 13.2 Å². The van der Waals surface area contributed by atoms with Gasteiger partial charge in [0.25, 0.3) is 0 Å². The molecule has 1 aromatic heterocycles. The molecule has 0 bridgehead atoms. The van der Waals surface area contributed by atoms with Crippen LogP contribution in [0.15, 0.2) is 41.9 Å². The Hall–Kier alpha value is -3.24. The minimum atomic E-state index is -1.16. The summed E-state index contributed by atoms with van der Waals surface area (Å²) in [6.07, 6.45) is -0.295. The third-order valence-electron chi connectivity index (χ3n) is 5.03. The molecule has 1 unspecified atom stereocenters. The van der Waals surface area contributed by atoms with Gasteiger partial charge in [-0.25, -0.2) is 23.4 Å². The normalized spacial score (nSPS) is 15.1. The molecular weight excluding hydrogens is 478 g/mol. The van der Waals surface area contributed by atoms with E-state index in [0.717, 1.165) is 28.8 Å². The van der Waals surface area contributed by atoms with Crippen molar-refractivity contribution in [1.29, 1.82) is 0 Å². The molecule has 0 radical (unpaired) electrons. The number of ether oxygens (including phenoxy) is 2. The van der Waals surface area contributed by atoms with Crippen LogP contribution >= 0.6 is 22.9 Å². The number of carboxylic acids is 1. The Labute approximate surface area is 196 Å². The smallest absolute Gasteiger partial charge is 0.410 e. The second-order valence-electron chi connectivity index (χ2n) is 7.16. The van der Waals surface area contributed by atoms with Gasteiger partial charge in [-0.2, -0.15) is 0 Å². The van der Waals surface area contributed by atoms with Crippen molar-refractivity contribution >= 4 is 35.0 Å². The van der Waals surface area contributed by atoms with E-state index in [4.69, 9.17) is 26.2 Å². The predicted molar refractivity (Wildman–Crippen MR) is 115 cm³/mol. The molecule has 7 nitrogen and oxygen atoms in total. The van der Waals surface area contributed by atoms with E-state index in [0.29, 0.717) is 17.0 Å². The van der Waals surface area contributed by atoms with Crippen molar-refractivity contribution in [2.24, 2.45) is 0 Å². The fraction of sp³-hybridized carbons (Fsp3) is 0.227. The first-order valence-electron chi connectivity index (χ1n) is 9.77. The van der Waals surface area contributed by atoms with E-state index >= 15 is 0 Å². The van der Waals surface area contributed by atoms with Crippen LogP contribution in [0.5, 0.6) is 5.75 Å². The average molecular weight is 495 g/mol. The molecule has 1 amide bonds. The van der Waals surface area contributed by atoms with Gasteiger partial charge in [-0.3, -0.25) is 4.90 Å². The number of benzene rings is 2. The third-order valence-corrected chi connectivity index (χ3v) is 6.19. The molecule has 33 heavy (non-hydrogen) atoms. The Balaban J connectivity index is 1.66. The summed E-state index contributed by atoms with van der Waals surface area (Å²) in [6, 6.07) is 6.86. The van der Waals surface area contributed by atoms with Crippen molar-refractivity contribution in [3.05, 3.63) is 80.3 Å². The van der Waals surface area contributed by atoms with E-state index in [2.05, 4.69) is 4.98 Å². The molecule has 2 aromatic carbocycles. The molecular formula is C22H17ClF2N2O5S. The van der Waals surface area contributed by atoms with Gasteiger partial charge in [0.05, 0.1) is 16.1 Å². The summed E-state index contributed by atoms with van der Waals surface area (Å²) in [7, 11) is 0. The zero-order valence-corrected chi connectivity index (χ0v) is 18.5. The highest BCUT2D eigenvalue weighted by molar-refractivity contribution is 7.09. The summed E-state index contributed by atoms with van der Waals surface area (Å²) in [6.45, 7) is -0.809. The lowest BCUT2D eigenvalue weighted by Crippen LogP contribution is -2.40. The molecule has 4 rings (SSSR count). The molecule has 2 heterocycles. The Kier molecular flexibility index (Phi) is 6.75. The van der Waals surface area contributed by atoms with E-state index in [1.54, 1.807) is 17.6 Å². The third kappa shape index (κ3) is 5.07. The molecule has 172 valence electrons. The molecule has 1 atom stereocenters. The Morgan fingerprint density at radius 2 is 2.06 bits per heavy atom. The highest BCUT2D eigenvalue weighted by Gasteiger charge is 2.37. The number of carbonyl (C=O) groups is 2. The number of halogens is 3. The first-order valence-corrected chi connectivity index (χ1v) is 11.0. The molecule has 0 saturated carbocycles. The monoisotopic (exact) mass is 494 g/mol. The molecule has 0 fully saturated rings. The van der Waals surface area contributed by atoms with E-state index in [-0.39, 0.29) is 17.9 Å². The van der Waals surface area contributed by atoms with Crippen LogP contribution in [0.25, 0.3) is 0 Å². The Morgan fingerprint density at radius 1 is 1.24 bits per heavy atom. The lowest BCUT2D eigenvalue weighted by molar-refractivity contribution is -0.139. The highest BCUT2D eigenvalue weighted by atomic mass is 35.5. The molecule has 0 aliphatic carbocycles. The minimum Gasteiger partial charge on any atom is -0.482 e. The largest absolute Gasteiger partial charge is 0.482 e. The van der Waals surface area contributed by atoms with E-state index in [9.17, 15) is 18.4 Å². The molecule has 1 aliphatic heterocycles. The number of rotatable bonds is 6. The Morgan fingerprint density at radius 3 is 2.85 bits per heavy atom. The van der Waals surface area contributed by atoms with E-state index in [1.807, 2.05) is 0 Å². The van der Waals surface area contributed by atoms with Gasteiger partial charge in [0, 0.05) is 29.1 Å². The van der Waals surface area contributed by atoms with Crippen molar-refractivity contribution in [2.45, 2.75) is 19.1 Å². The summed E-state index contributed by atoms with van der Waals surface area (Å²) >= 11 is 7.53. The standard InChI is InChI=1S/C22H17ClF2N2O5S/c23-13-1-4-18(31-10-19(28)29)15(8-13)20-21-17(26-11-33-21)5-6-27(20)22(30)32-9-12-7-14(24)2-3-16(12)25/h1-4,7-8,11,20H,5-6,9-10H2,(H,28,29). The molecule has 3 aromatic rings. The molecule has 11 heteroatoms. The predicted octanol–water partition coefficient (Wildman–Crippen LogP) is 4.82. The van der Waals surface area contributed by atoms with Gasteiger partial charge >= 0.3 is 12.1 Å². The topological polar surface area (TPSA) is 89.0 Å². The second-order valence-corrected chi connectivity index (χ2v) is 8.49. The van der Waals surface area contributed by atoms with Gasteiger partial charge < -0.3 is 14.6 Å². The first-order chi connectivity index (χ1) is 15.8. The number of carboxylic acid groups (broad SMARTS) is 1. The van der Waals surface area contributed by atoms with Crippen LogP contribution < -0.4 is 4.74 Å². The van der Waals surface area contributed by atoms with Crippen LogP contribution in [0.4, 0.5) is 13.6 Å². The quantitative estimate of drug-likeness (QED) is 0.528. The SMILES string of the molecule is O=C(O)COc1ccc(Cl)cc1C1c2scnc2CCN1C(=O)OCc1cc(F)ccc1F. The number of nitrogens with zero attached hydrogens (tertiary/aromatic N) is 2. The lowest BCUT2D eigenvalue weighted by Gasteiger charge is -2.35. The van der Waals surface area contributed by atoms with Crippen LogP contribution in [0.2, 0.25) is 5.02 Å². The van der Waals surface area contributed by atoms with Crippen LogP contribution in [0.1, 0.15) is 27.7 Å². The fourth-order valence-corrected chi connectivity index (χ4v) is 4.72. The summed E-state index contributed by atoms with van der Waals surface area (Å²) in [4.78, 5) is 30.6. The maximum atomic E-state index is 13.9. The number of aromatic nitrogens is 1. The maximum absolute atomic E-state index is 13.9. The van der Waals surface area contributed by atoms with Crippen molar-refractivity contribution in [1.82, 2.24) is 9.88 Å². The second kappa shape index (κ2) is 9.72. The van der Waals surface area contributed by atoms with Gasteiger partial charge in [-0.05, 0) is 36.4 Å². The number of hydrogen-bond acceptors (Lipinski definition) is 6. The van der Waals surface area contributed by atoms with Crippen LogP contribution in [-0.4, -0.2) is 40.2 Å². The number of fused-ring (bicyclic) bond motifs is 1. The zero-order valence-electron chi connectivity index (χ0n) is 17.0. The molecule has 0 saturated heterocycles.